The van der Waals surface area contributed by atoms with Gasteiger partial charge in [0.1, 0.15) is 17.3 Å². The highest BCUT2D eigenvalue weighted by atomic mass is 32.2. The number of anilines is 3. The summed E-state index contributed by atoms with van der Waals surface area (Å²) in [7, 11) is 4.02. The Morgan fingerprint density at radius 3 is 2.38 bits per heavy atom. The summed E-state index contributed by atoms with van der Waals surface area (Å²) in [4.78, 5) is 22.6. The smallest absolute Gasteiger partial charge is 0.311 e. The fraction of sp³-hybridized carbons (Fsp3) is 0.444. The highest BCUT2D eigenvalue weighted by molar-refractivity contribution is 7.98. The second-order valence-electron chi connectivity index (χ2n) is 9.59. The summed E-state index contributed by atoms with van der Waals surface area (Å²) >= 11 is 1.72. The molecule has 0 amide bonds. The first-order chi connectivity index (χ1) is 17.8. The van der Waals surface area contributed by atoms with Crippen molar-refractivity contribution in [2.24, 2.45) is 0 Å². The van der Waals surface area contributed by atoms with Gasteiger partial charge in [0.05, 0.1) is 17.2 Å². The van der Waals surface area contributed by atoms with E-state index in [4.69, 9.17) is 4.42 Å². The molecule has 0 atom stereocenters. The van der Waals surface area contributed by atoms with Crippen molar-refractivity contribution in [3.05, 3.63) is 75.2 Å². The number of hydrogen-bond donors (Lipinski definition) is 1. The lowest BCUT2D eigenvalue weighted by molar-refractivity contribution is -0.384. The maximum atomic E-state index is 11.6. The van der Waals surface area contributed by atoms with Crippen LogP contribution in [-0.4, -0.2) is 67.4 Å². The molecule has 1 fully saturated rings. The monoisotopic (exact) mass is 524 g/mol. The van der Waals surface area contributed by atoms with Crippen molar-refractivity contribution < 1.29 is 9.34 Å². The molecule has 37 heavy (non-hydrogen) atoms. The Morgan fingerprint density at radius 2 is 1.70 bits per heavy atom. The molecular formula is C27H36N6O3S. The Kier molecular flexibility index (Phi) is 8.94. The Balaban J connectivity index is 1.32. The van der Waals surface area contributed by atoms with E-state index in [9.17, 15) is 10.1 Å². The predicted molar refractivity (Wildman–Crippen MR) is 152 cm³/mol. The lowest BCUT2D eigenvalue weighted by Gasteiger charge is -2.38. The number of piperazine rings is 1. The van der Waals surface area contributed by atoms with Gasteiger partial charge in [-0.2, -0.15) is 11.8 Å². The van der Waals surface area contributed by atoms with E-state index in [1.54, 1.807) is 23.9 Å². The summed E-state index contributed by atoms with van der Waals surface area (Å²) in [6.07, 6.45) is 0. The maximum Gasteiger partial charge on any atom is 0.311 e. The van der Waals surface area contributed by atoms with E-state index in [0.29, 0.717) is 12.4 Å². The second-order valence-corrected chi connectivity index (χ2v) is 10.7. The Bertz CT molecular complexity index is 1190. The van der Waals surface area contributed by atoms with Crippen LogP contribution in [0.5, 0.6) is 0 Å². The van der Waals surface area contributed by atoms with Crippen LogP contribution in [0.15, 0.2) is 46.9 Å². The summed E-state index contributed by atoms with van der Waals surface area (Å²) in [6.45, 7) is 9.05. The number of pyridine rings is 1. The minimum atomic E-state index is -0.375. The zero-order valence-corrected chi connectivity index (χ0v) is 22.9. The highest BCUT2D eigenvalue weighted by Crippen LogP contribution is 2.29. The molecule has 1 aliphatic heterocycles. The van der Waals surface area contributed by atoms with Crippen LogP contribution in [0.3, 0.4) is 0 Å². The molecule has 4 rings (SSSR count). The van der Waals surface area contributed by atoms with Crippen LogP contribution in [0, 0.1) is 24.0 Å². The molecule has 10 heteroatoms. The third-order valence-corrected chi connectivity index (χ3v) is 7.37. The van der Waals surface area contributed by atoms with Crippen LogP contribution in [0.4, 0.5) is 23.0 Å². The molecule has 1 N–H and O–H groups in total. The van der Waals surface area contributed by atoms with Gasteiger partial charge in [0, 0.05) is 50.2 Å². The van der Waals surface area contributed by atoms with Gasteiger partial charge < -0.3 is 24.4 Å². The van der Waals surface area contributed by atoms with E-state index in [2.05, 4.69) is 57.0 Å². The van der Waals surface area contributed by atoms with Gasteiger partial charge in [-0.15, -0.1) is 0 Å². The maximum absolute atomic E-state index is 11.6. The number of hydrogen-bond acceptors (Lipinski definition) is 9. The van der Waals surface area contributed by atoms with Crippen LogP contribution in [-0.2, 0) is 12.3 Å². The number of furan rings is 1. The SMILES string of the molecule is Cc1cccc(C)c1N1CCN(c2ccc([N+](=O)[O-])c(NCCSCc3ccc(CN(C)C)o3)n2)CC1. The van der Waals surface area contributed by atoms with Crippen LogP contribution in [0.25, 0.3) is 0 Å². The Hall–Kier alpha value is -3.24. The summed E-state index contributed by atoms with van der Waals surface area (Å²) in [5.74, 6) is 4.52. The number of aryl methyl sites for hydroxylation is 2. The Labute approximate surface area is 223 Å². The largest absolute Gasteiger partial charge is 0.464 e. The van der Waals surface area contributed by atoms with Gasteiger partial charge in [-0.1, -0.05) is 18.2 Å². The summed E-state index contributed by atoms with van der Waals surface area (Å²) in [5.41, 5.74) is 3.88. The minimum Gasteiger partial charge on any atom is -0.464 e. The van der Waals surface area contributed by atoms with E-state index >= 15 is 0 Å². The molecule has 0 bridgehead atoms. The molecular weight excluding hydrogens is 488 g/mol. The van der Waals surface area contributed by atoms with Crippen molar-refractivity contribution in [1.29, 1.82) is 0 Å². The predicted octanol–water partition coefficient (Wildman–Crippen LogP) is 4.93. The summed E-state index contributed by atoms with van der Waals surface area (Å²) in [6, 6.07) is 13.7. The first kappa shape index (κ1) is 26.8. The van der Waals surface area contributed by atoms with Crippen molar-refractivity contribution in [3.8, 4) is 0 Å². The molecule has 0 unspecified atom stereocenters. The van der Waals surface area contributed by atoms with Gasteiger partial charge in [0.15, 0.2) is 0 Å². The second kappa shape index (κ2) is 12.3. The van der Waals surface area contributed by atoms with Gasteiger partial charge in [0.2, 0.25) is 5.82 Å². The van der Waals surface area contributed by atoms with Crippen LogP contribution in [0.1, 0.15) is 22.6 Å². The number of nitro groups is 1. The molecule has 1 aliphatic rings. The standard InChI is InChI=1S/C27H36N6O3S/c1-20-6-5-7-21(2)26(20)32-15-13-31(14-16-32)25-11-10-24(33(34)35)27(29-25)28-12-17-37-19-23-9-8-22(36-23)18-30(3)4/h5-11H,12-19H2,1-4H3,(H,28,29). The van der Waals surface area contributed by atoms with Crippen LogP contribution < -0.4 is 15.1 Å². The summed E-state index contributed by atoms with van der Waals surface area (Å²) < 4.78 is 5.85. The number of nitrogens with one attached hydrogen (secondary N) is 1. The molecule has 0 spiro atoms. The average Bonchev–Trinajstić information content (AvgIpc) is 3.30. The fourth-order valence-electron chi connectivity index (χ4n) is 4.67. The fourth-order valence-corrected chi connectivity index (χ4v) is 5.42. The molecule has 3 aromatic rings. The lowest BCUT2D eigenvalue weighted by atomic mass is 10.1. The highest BCUT2D eigenvalue weighted by Gasteiger charge is 2.23. The molecule has 3 heterocycles. The van der Waals surface area contributed by atoms with Crippen molar-refractivity contribution in [2.45, 2.75) is 26.1 Å². The van der Waals surface area contributed by atoms with E-state index < -0.39 is 0 Å². The van der Waals surface area contributed by atoms with Crippen LogP contribution >= 0.6 is 11.8 Å². The summed E-state index contributed by atoms with van der Waals surface area (Å²) in [5, 5.41) is 14.8. The molecule has 9 nitrogen and oxygen atoms in total. The number of aromatic nitrogens is 1. The zero-order valence-electron chi connectivity index (χ0n) is 22.1. The molecule has 1 aromatic carbocycles. The minimum absolute atomic E-state index is 0.00211. The van der Waals surface area contributed by atoms with Gasteiger partial charge in [-0.05, 0) is 57.3 Å². The van der Waals surface area contributed by atoms with Gasteiger partial charge in [-0.3, -0.25) is 10.1 Å². The molecule has 0 radical (unpaired) electrons. The first-order valence-electron chi connectivity index (χ1n) is 12.6. The molecule has 1 saturated heterocycles. The normalized spacial score (nSPS) is 13.9. The number of benzene rings is 1. The third kappa shape index (κ3) is 6.95. The number of nitrogens with zero attached hydrogens (tertiary/aromatic N) is 5. The van der Waals surface area contributed by atoms with Crippen molar-refractivity contribution in [3.63, 3.8) is 0 Å². The van der Waals surface area contributed by atoms with E-state index in [-0.39, 0.29) is 10.6 Å². The van der Waals surface area contributed by atoms with Gasteiger partial charge >= 0.3 is 5.69 Å². The van der Waals surface area contributed by atoms with E-state index in [1.807, 2.05) is 26.2 Å². The van der Waals surface area contributed by atoms with Crippen LogP contribution in [0.2, 0.25) is 0 Å². The van der Waals surface area contributed by atoms with E-state index in [0.717, 1.165) is 61.6 Å². The molecule has 2 aromatic heterocycles. The Morgan fingerprint density at radius 1 is 1.03 bits per heavy atom. The molecule has 0 aliphatic carbocycles. The van der Waals surface area contributed by atoms with Crippen molar-refractivity contribution in [1.82, 2.24) is 9.88 Å². The van der Waals surface area contributed by atoms with Gasteiger partial charge in [-0.25, -0.2) is 4.98 Å². The number of para-hydroxylation sites is 1. The first-order valence-corrected chi connectivity index (χ1v) is 13.7. The average molecular weight is 525 g/mol. The van der Waals surface area contributed by atoms with Crippen molar-refractivity contribution >= 4 is 34.8 Å². The van der Waals surface area contributed by atoms with Gasteiger partial charge in [0.25, 0.3) is 0 Å². The molecule has 198 valence electrons. The van der Waals surface area contributed by atoms with E-state index in [1.165, 1.54) is 16.8 Å². The topological polar surface area (TPSA) is 90.9 Å². The lowest BCUT2D eigenvalue weighted by Crippen LogP contribution is -2.47. The quantitative estimate of drug-likeness (QED) is 0.213. The molecule has 0 saturated carbocycles. The van der Waals surface area contributed by atoms with Crippen molar-refractivity contribution in [2.75, 3.05) is 67.7 Å². The zero-order chi connectivity index (χ0) is 26.4. The number of rotatable bonds is 11. The third-order valence-electron chi connectivity index (χ3n) is 6.39. The number of thioether (sulfide) groups is 1.